The summed E-state index contributed by atoms with van der Waals surface area (Å²) in [6.45, 7) is 2.79. The number of nitrogens with one attached hydrogen (secondary N) is 2. The summed E-state index contributed by atoms with van der Waals surface area (Å²) in [5, 5.41) is 6.94. The van der Waals surface area contributed by atoms with Gasteiger partial charge in [0.15, 0.2) is 5.69 Å². The van der Waals surface area contributed by atoms with Crippen molar-refractivity contribution >= 4 is 39.8 Å². The maximum atomic E-state index is 12.9. The van der Waals surface area contributed by atoms with Crippen molar-refractivity contribution in [3.8, 4) is 0 Å². The predicted molar refractivity (Wildman–Crippen MR) is 125 cm³/mol. The van der Waals surface area contributed by atoms with Crippen molar-refractivity contribution < 1.29 is 14.4 Å². The van der Waals surface area contributed by atoms with E-state index in [0.717, 1.165) is 11.3 Å². The van der Waals surface area contributed by atoms with Crippen LogP contribution >= 0.6 is 11.3 Å². The van der Waals surface area contributed by atoms with Crippen LogP contribution in [0.2, 0.25) is 0 Å². The third-order valence-electron chi connectivity index (χ3n) is 5.60. The lowest BCUT2D eigenvalue weighted by Gasteiger charge is -2.24. The molecule has 33 heavy (non-hydrogen) atoms. The lowest BCUT2D eigenvalue weighted by atomic mass is 10.1. The first-order valence-corrected chi connectivity index (χ1v) is 11.8. The number of nitrogens with zero attached hydrogens (tertiary/aromatic N) is 3. The lowest BCUT2D eigenvalue weighted by molar-refractivity contribution is -0.138. The SMILES string of the molecule is CCCn1nc(C(=O)NNC(=O)C2CCCN2C(=O)Cc2cccs2)c2ccccc2c1=O. The Kier molecular flexibility index (Phi) is 6.83. The molecule has 1 aromatic carbocycles. The summed E-state index contributed by atoms with van der Waals surface area (Å²) in [5.41, 5.74) is 4.64. The molecule has 10 heteroatoms. The van der Waals surface area contributed by atoms with Crippen molar-refractivity contribution in [2.24, 2.45) is 0 Å². The fraction of sp³-hybridized carbons (Fsp3) is 0.348. The van der Waals surface area contributed by atoms with Crippen LogP contribution in [0.3, 0.4) is 0 Å². The summed E-state index contributed by atoms with van der Waals surface area (Å²) in [5.74, 6) is -1.19. The van der Waals surface area contributed by atoms with Gasteiger partial charge in [0, 0.05) is 23.4 Å². The van der Waals surface area contributed by atoms with Crippen LogP contribution in [0.15, 0.2) is 46.6 Å². The summed E-state index contributed by atoms with van der Waals surface area (Å²) in [4.78, 5) is 53.5. The van der Waals surface area contributed by atoms with Gasteiger partial charge < -0.3 is 4.90 Å². The van der Waals surface area contributed by atoms with Gasteiger partial charge in [0.2, 0.25) is 5.91 Å². The molecule has 2 aromatic heterocycles. The average Bonchev–Trinajstić information content (AvgIpc) is 3.51. The van der Waals surface area contributed by atoms with Gasteiger partial charge in [-0.1, -0.05) is 31.2 Å². The minimum absolute atomic E-state index is 0.0519. The maximum absolute atomic E-state index is 12.9. The Morgan fingerprint density at radius 1 is 1.12 bits per heavy atom. The van der Waals surface area contributed by atoms with E-state index in [-0.39, 0.29) is 23.6 Å². The van der Waals surface area contributed by atoms with Crippen molar-refractivity contribution in [1.82, 2.24) is 25.5 Å². The van der Waals surface area contributed by atoms with E-state index in [1.54, 1.807) is 29.2 Å². The topological polar surface area (TPSA) is 113 Å². The molecular weight excluding hydrogens is 442 g/mol. The number of hydrogen-bond acceptors (Lipinski definition) is 6. The Labute approximate surface area is 194 Å². The zero-order chi connectivity index (χ0) is 23.4. The first-order valence-electron chi connectivity index (χ1n) is 10.9. The summed E-state index contributed by atoms with van der Waals surface area (Å²) < 4.78 is 1.26. The molecule has 4 rings (SSSR count). The third kappa shape index (κ3) is 4.80. The molecule has 3 amide bonds. The minimum Gasteiger partial charge on any atom is -0.330 e. The van der Waals surface area contributed by atoms with Crippen LogP contribution in [-0.2, 0) is 22.6 Å². The Morgan fingerprint density at radius 2 is 1.91 bits per heavy atom. The number of amides is 3. The van der Waals surface area contributed by atoms with Crippen LogP contribution < -0.4 is 16.4 Å². The fourth-order valence-electron chi connectivity index (χ4n) is 4.03. The number of likely N-dealkylation sites (tertiary alicyclic amines) is 1. The Bertz CT molecular complexity index is 1240. The fourth-order valence-corrected chi connectivity index (χ4v) is 4.72. The van der Waals surface area contributed by atoms with Crippen molar-refractivity contribution in [2.75, 3.05) is 6.54 Å². The van der Waals surface area contributed by atoms with Gasteiger partial charge in [-0.3, -0.25) is 30.0 Å². The molecule has 0 spiro atoms. The van der Waals surface area contributed by atoms with Crippen molar-refractivity contribution in [1.29, 1.82) is 0 Å². The molecule has 172 valence electrons. The van der Waals surface area contributed by atoms with E-state index in [1.165, 1.54) is 16.0 Å². The van der Waals surface area contributed by atoms with Crippen LogP contribution in [-0.4, -0.2) is 45.0 Å². The highest BCUT2D eigenvalue weighted by atomic mass is 32.1. The van der Waals surface area contributed by atoms with Gasteiger partial charge in [0.1, 0.15) is 6.04 Å². The molecule has 3 heterocycles. The highest BCUT2D eigenvalue weighted by Crippen LogP contribution is 2.20. The Hall–Kier alpha value is -3.53. The monoisotopic (exact) mass is 467 g/mol. The largest absolute Gasteiger partial charge is 0.330 e. The van der Waals surface area contributed by atoms with Gasteiger partial charge in [-0.2, -0.15) is 5.10 Å². The summed E-state index contributed by atoms with van der Waals surface area (Å²) in [6.07, 6.45) is 2.18. The van der Waals surface area contributed by atoms with E-state index in [9.17, 15) is 19.2 Å². The smallest absolute Gasteiger partial charge is 0.290 e. The van der Waals surface area contributed by atoms with E-state index < -0.39 is 17.9 Å². The van der Waals surface area contributed by atoms with Gasteiger partial charge in [-0.05, 0) is 36.8 Å². The zero-order valence-electron chi connectivity index (χ0n) is 18.2. The van der Waals surface area contributed by atoms with Crippen LogP contribution in [0.1, 0.15) is 41.6 Å². The highest BCUT2D eigenvalue weighted by Gasteiger charge is 2.34. The van der Waals surface area contributed by atoms with Crippen LogP contribution in [0.4, 0.5) is 0 Å². The average molecular weight is 468 g/mol. The second kappa shape index (κ2) is 9.95. The highest BCUT2D eigenvalue weighted by molar-refractivity contribution is 7.10. The number of thiophene rings is 1. The molecule has 0 radical (unpaired) electrons. The number of aryl methyl sites for hydroxylation is 1. The molecule has 3 aromatic rings. The van der Waals surface area contributed by atoms with Gasteiger partial charge in [0.05, 0.1) is 11.8 Å². The molecule has 0 saturated carbocycles. The van der Waals surface area contributed by atoms with Crippen molar-refractivity contribution in [2.45, 2.75) is 45.2 Å². The summed E-state index contributed by atoms with van der Waals surface area (Å²) >= 11 is 1.50. The maximum Gasteiger partial charge on any atom is 0.290 e. The second-order valence-corrected chi connectivity index (χ2v) is 8.90. The second-order valence-electron chi connectivity index (χ2n) is 7.87. The number of carbonyl (C=O) groups excluding carboxylic acids is 3. The molecule has 2 N–H and O–H groups in total. The number of rotatable bonds is 6. The van der Waals surface area contributed by atoms with E-state index in [4.69, 9.17) is 0 Å². The Morgan fingerprint density at radius 3 is 2.64 bits per heavy atom. The van der Waals surface area contributed by atoms with Gasteiger partial charge in [-0.15, -0.1) is 11.3 Å². The molecule has 1 atom stereocenters. The number of hydrazine groups is 1. The quantitative estimate of drug-likeness (QED) is 0.538. The van der Waals surface area contributed by atoms with Crippen LogP contribution in [0.25, 0.3) is 10.8 Å². The minimum atomic E-state index is -0.642. The zero-order valence-corrected chi connectivity index (χ0v) is 19.1. The number of hydrogen-bond donors (Lipinski definition) is 2. The molecule has 1 aliphatic rings. The van der Waals surface area contributed by atoms with Crippen molar-refractivity contribution in [3.05, 3.63) is 62.7 Å². The number of aromatic nitrogens is 2. The van der Waals surface area contributed by atoms with Crippen LogP contribution in [0, 0.1) is 0 Å². The molecule has 0 aliphatic carbocycles. The third-order valence-corrected chi connectivity index (χ3v) is 6.48. The first kappa shape index (κ1) is 22.7. The molecule has 1 saturated heterocycles. The molecular formula is C23H25N5O4S. The van der Waals surface area contributed by atoms with E-state index in [0.29, 0.717) is 36.7 Å². The normalized spacial score (nSPS) is 15.5. The predicted octanol–water partition coefficient (Wildman–Crippen LogP) is 1.86. The molecule has 0 bridgehead atoms. The van der Waals surface area contributed by atoms with Crippen molar-refractivity contribution in [3.63, 3.8) is 0 Å². The first-order chi connectivity index (χ1) is 16.0. The Balaban J connectivity index is 1.47. The molecule has 1 fully saturated rings. The standard InChI is InChI=1S/C23H25N5O4S/c1-2-11-28-23(32)17-9-4-3-8-16(17)20(26-28)22(31)25-24-21(30)18-10-5-12-27(18)19(29)14-15-7-6-13-33-15/h3-4,6-9,13,18H,2,5,10-12,14H2,1H3,(H,24,30)(H,25,31). The number of benzene rings is 1. The summed E-state index contributed by atoms with van der Waals surface area (Å²) in [7, 11) is 0. The number of carbonyl (C=O) groups is 3. The summed E-state index contributed by atoms with van der Waals surface area (Å²) in [6, 6.07) is 9.89. The van der Waals surface area contributed by atoms with Gasteiger partial charge >= 0.3 is 0 Å². The lowest BCUT2D eigenvalue weighted by Crippen LogP contribution is -2.52. The van der Waals surface area contributed by atoms with Gasteiger partial charge in [0.25, 0.3) is 17.4 Å². The molecule has 1 aliphatic heterocycles. The van der Waals surface area contributed by atoms with E-state index in [2.05, 4.69) is 16.0 Å². The molecule has 1 unspecified atom stereocenters. The molecule has 9 nitrogen and oxygen atoms in total. The van der Waals surface area contributed by atoms with E-state index in [1.807, 2.05) is 24.4 Å². The number of fused-ring (bicyclic) bond motifs is 1. The van der Waals surface area contributed by atoms with E-state index >= 15 is 0 Å². The van der Waals surface area contributed by atoms with Gasteiger partial charge in [-0.25, -0.2) is 4.68 Å². The van der Waals surface area contributed by atoms with Crippen LogP contribution in [0.5, 0.6) is 0 Å².